The Morgan fingerprint density at radius 2 is 1.75 bits per heavy atom. The van der Waals surface area contributed by atoms with Crippen molar-refractivity contribution in [2.24, 2.45) is 0 Å². The van der Waals surface area contributed by atoms with Gasteiger partial charge in [0.05, 0.1) is 16.5 Å². The fraction of sp³-hybridized carbons (Fsp3) is 0.0588. The normalized spacial score (nSPS) is 11.1. The molecule has 0 bridgehead atoms. The van der Waals surface area contributed by atoms with Crippen molar-refractivity contribution in [3.8, 4) is 5.75 Å². The molecule has 0 unspecified atom stereocenters. The number of sulfonamides is 1. The van der Waals surface area contributed by atoms with E-state index >= 15 is 0 Å². The van der Waals surface area contributed by atoms with Gasteiger partial charge in [0.2, 0.25) is 10.0 Å². The molecule has 0 atom stereocenters. The number of benzene rings is 2. The van der Waals surface area contributed by atoms with Gasteiger partial charge >= 0.3 is 0 Å². The van der Waals surface area contributed by atoms with Gasteiger partial charge in [0.25, 0.3) is 0 Å². The monoisotopic (exact) mass is 367 g/mol. The van der Waals surface area contributed by atoms with Gasteiger partial charge in [-0.15, -0.1) is 0 Å². The minimum Gasteiger partial charge on any atom is -0.506 e. The SMILES string of the molecule is C=Cc1c(NS(=O)(=O)Cc2ccc(F)cc2)cc(Cl)c(O)c1C=C. The molecular formula is C17H15ClFNO3S. The molecule has 7 heteroatoms. The molecule has 0 aliphatic heterocycles. The third kappa shape index (κ3) is 3.96. The molecule has 0 fully saturated rings. The quantitative estimate of drug-likeness (QED) is 0.743. The highest BCUT2D eigenvalue weighted by atomic mass is 35.5. The Hall–Kier alpha value is -2.31. The smallest absolute Gasteiger partial charge is 0.236 e. The molecule has 4 nitrogen and oxygen atoms in total. The standard InChI is InChI=1S/C17H15ClFNO3S/c1-3-13-14(4-2)17(21)15(18)9-16(13)20-24(22,23)10-11-5-7-12(19)8-6-11/h3-9,20-21H,1-2,10H2. The summed E-state index contributed by atoms with van der Waals surface area (Å²) >= 11 is 5.92. The molecule has 0 saturated carbocycles. The lowest BCUT2D eigenvalue weighted by atomic mass is 10.0. The summed E-state index contributed by atoms with van der Waals surface area (Å²) in [7, 11) is -3.78. The largest absolute Gasteiger partial charge is 0.506 e. The number of phenols is 1. The summed E-state index contributed by atoms with van der Waals surface area (Å²) in [4.78, 5) is 0. The lowest BCUT2D eigenvalue weighted by Crippen LogP contribution is -2.16. The predicted molar refractivity (Wildman–Crippen MR) is 95.9 cm³/mol. The Kier molecular flexibility index (Phi) is 5.31. The second-order valence-corrected chi connectivity index (χ2v) is 7.11. The minimum atomic E-state index is -3.78. The molecule has 0 heterocycles. The molecule has 0 spiro atoms. The van der Waals surface area contributed by atoms with Crippen molar-refractivity contribution in [2.75, 3.05) is 4.72 Å². The number of halogens is 2. The highest BCUT2D eigenvalue weighted by Gasteiger charge is 2.18. The van der Waals surface area contributed by atoms with Crippen LogP contribution in [-0.4, -0.2) is 13.5 Å². The van der Waals surface area contributed by atoms with Crippen molar-refractivity contribution in [3.63, 3.8) is 0 Å². The topological polar surface area (TPSA) is 66.4 Å². The van der Waals surface area contributed by atoms with Crippen LogP contribution < -0.4 is 4.72 Å². The van der Waals surface area contributed by atoms with Crippen LogP contribution in [0.1, 0.15) is 16.7 Å². The molecular weight excluding hydrogens is 353 g/mol. The van der Waals surface area contributed by atoms with E-state index in [0.717, 1.165) is 0 Å². The molecule has 0 aliphatic carbocycles. The summed E-state index contributed by atoms with van der Waals surface area (Å²) in [6.45, 7) is 7.19. The molecule has 2 N–H and O–H groups in total. The van der Waals surface area contributed by atoms with E-state index in [-0.39, 0.29) is 27.8 Å². The van der Waals surface area contributed by atoms with Crippen molar-refractivity contribution >= 4 is 39.5 Å². The Morgan fingerprint density at radius 3 is 2.29 bits per heavy atom. The molecule has 126 valence electrons. The zero-order valence-electron chi connectivity index (χ0n) is 12.6. The van der Waals surface area contributed by atoms with Crippen LogP contribution in [0.3, 0.4) is 0 Å². The number of phenolic OH excluding ortho intramolecular Hbond substituents is 1. The summed E-state index contributed by atoms with van der Waals surface area (Å²) in [5.41, 5.74) is 1.23. The van der Waals surface area contributed by atoms with Crippen LogP contribution >= 0.6 is 11.6 Å². The van der Waals surface area contributed by atoms with Gasteiger partial charge < -0.3 is 5.11 Å². The molecule has 0 aliphatic rings. The Labute approximate surface area is 145 Å². The van der Waals surface area contributed by atoms with E-state index < -0.39 is 15.8 Å². The molecule has 2 aromatic carbocycles. The van der Waals surface area contributed by atoms with E-state index in [4.69, 9.17) is 11.6 Å². The van der Waals surface area contributed by atoms with Crippen LogP contribution in [0.4, 0.5) is 10.1 Å². The summed E-state index contributed by atoms with van der Waals surface area (Å²) < 4.78 is 40.0. The van der Waals surface area contributed by atoms with Crippen LogP contribution in [0, 0.1) is 5.82 Å². The number of hydrogen-bond donors (Lipinski definition) is 2. The first-order valence-corrected chi connectivity index (χ1v) is 8.85. The second kappa shape index (κ2) is 7.07. The van der Waals surface area contributed by atoms with Gasteiger partial charge in [0, 0.05) is 11.1 Å². The van der Waals surface area contributed by atoms with Gasteiger partial charge in [-0.25, -0.2) is 12.8 Å². The molecule has 0 radical (unpaired) electrons. The Bertz CT molecular complexity index is 893. The number of anilines is 1. The van der Waals surface area contributed by atoms with Crippen LogP contribution in [0.25, 0.3) is 12.2 Å². The number of nitrogens with one attached hydrogen (secondary N) is 1. The molecule has 0 amide bonds. The minimum absolute atomic E-state index is 0.0185. The second-order valence-electron chi connectivity index (χ2n) is 4.98. The van der Waals surface area contributed by atoms with E-state index in [1.54, 1.807) is 0 Å². The maximum atomic E-state index is 12.9. The summed E-state index contributed by atoms with van der Waals surface area (Å²) in [5, 5.41) is 9.91. The van der Waals surface area contributed by atoms with E-state index in [1.807, 2.05) is 0 Å². The van der Waals surface area contributed by atoms with E-state index in [9.17, 15) is 17.9 Å². The Morgan fingerprint density at radius 1 is 1.17 bits per heavy atom. The maximum absolute atomic E-state index is 12.9. The van der Waals surface area contributed by atoms with Crippen molar-refractivity contribution in [2.45, 2.75) is 5.75 Å². The Balaban J connectivity index is 2.39. The summed E-state index contributed by atoms with van der Waals surface area (Å²) in [6.07, 6.45) is 2.75. The lowest BCUT2D eigenvalue weighted by Gasteiger charge is -2.15. The lowest BCUT2D eigenvalue weighted by molar-refractivity contribution is 0.474. The third-order valence-electron chi connectivity index (χ3n) is 3.28. The van der Waals surface area contributed by atoms with Crippen LogP contribution in [-0.2, 0) is 15.8 Å². The highest BCUT2D eigenvalue weighted by Crippen LogP contribution is 2.37. The fourth-order valence-corrected chi connectivity index (χ4v) is 3.61. The molecule has 2 aromatic rings. The predicted octanol–water partition coefficient (Wildman–Crippen LogP) is 4.41. The van der Waals surface area contributed by atoms with Crippen molar-refractivity contribution in [1.29, 1.82) is 0 Å². The van der Waals surface area contributed by atoms with E-state index in [0.29, 0.717) is 11.1 Å². The molecule has 24 heavy (non-hydrogen) atoms. The van der Waals surface area contributed by atoms with Gasteiger partial charge in [-0.1, -0.05) is 49.0 Å². The average molecular weight is 368 g/mol. The molecule has 2 rings (SSSR count). The summed E-state index contributed by atoms with van der Waals surface area (Å²) in [6, 6.07) is 6.45. The van der Waals surface area contributed by atoms with Gasteiger partial charge in [-0.05, 0) is 23.8 Å². The number of rotatable bonds is 6. The first-order chi connectivity index (χ1) is 11.3. The zero-order chi connectivity index (χ0) is 17.9. The van der Waals surface area contributed by atoms with Gasteiger partial charge in [-0.2, -0.15) is 0 Å². The molecule has 0 saturated heterocycles. The van der Waals surface area contributed by atoms with Crippen molar-refractivity contribution < 1.29 is 17.9 Å². The van der Waals surface area contributed by atoms with Gasteiger partial charge in [0.15, 0.2) is 0 Å². The van der Waals surface area contributed by atoms with E-state index in [2.05, 4.69) is 17.9 Å². The van der Waals surface area contributed by atoms with Crippen LogP contribution in [0.2, 0.25) is 5.02 Å². The van der Waals surface area contributed by atoms with Gasteiger partial charge in [0.1, 0.15) is 11.6 Å². The fourth-order valence-electron chi connectivity index (χ4n) is 2.19. The van der Waals surface area contributed by atoms with Crippen LogP contribution in [0.15, 0.2) is 43.5 Å². The van der Waals surface area contributed by atoms with Gasteiger partial charge in [-0.3, -0.25) is 4.72 Å². The van der Waals surface area contributed by atoms with Crippen LogP contribution in [0.5, 0.6) is 5.75 Å². The van der Waals surface area contributed by atoms with E-state index in [1.165, 1.54) is 42.5 Å². The first kappa shape index (κ1) is 18.0. The van der Waals surface area contributed by atoms with Crippen molar-refractivity contribution in [1.82, 2.24) is 0 Å². The highest BCUT2D eigenvalue weighted by molar-refractivity contribution is 7.91. The number of hydrogen-bond acceptors (Lipinski definition) is 3. The molecule has 0 aromatic heterocycles. The summed E-state index contributed by atoms with van der Waals surface area (Å²) in [5.74, 6) is -0.992. The maximum Gasteiger partial charge on any atom is 0.236 e. The average Bonchev–Trinajstić information content (AvgIpc) is 2.52. The first-order valence-electron chi connectivity index (χ1n) is 6.82. The third-order valence-corrected chi connectivity index (χ3v) is 4.81. The zero-order valence-corrected chi connectivity index (χ0v) is 14.2. The number of aromatic hydroxyl groups is 1. The van der Waals surface area contributed by atoms with Crippen molar-refractivity contribution in [3.05, 3.63) is 71.0 Å².